The summed E-state index contributed by atoms with van der Waals surface area (Å²) >= 11 is 5.28. The fourth-order valence-corrected chi connectivity index (χ4v) is 2.25. The Morgan fingerprint density at radius 3 is 2.26 bits per heavy atom. The van der Waals surface area contributed by atoms with Gasteiger partial charge >= 0.3 is 5.97 Å². The van der Waals surface area contributed by atoms with Gasteiger partial charge < -0.3 is 20.1 Å². The standard InChI is InChI=1S/C17H18N2O3S/c1-21-14-10-8-13(9-11-14)18-17(23)19-15(16(20)22-2)12-6-4-3-5-7-12/h3-11,15H,1-2H3,(H2,18,19,23)/t15-/m0/s1. The first-order valence-electron chi connectivity index (χ1n) is 6.98. The molecule has 6 heteroatoms. The van der Waals surface area contributed by atoms with Crippen LogP contribution in [-0.2, 0) is 9.53 Å². The molecule has 0 aliphatic heterocycles. The number of carbonyl (C=O) groups excluding carboxylic acids is 1. The molecule has 0 spiro atoms. The molecule has 0 aliphatic carbocycles. The fraction of sp³-hybridized carbons (Fsp3) is 0.176. The Kier molecular flexibility index (Phi) is 5.94. The van der Waals surface area contributed by atoms with Gasteiger partial charge in [0.05, 0.1) is 14.2 Å². The largest absolute Gasteiger partial charge is 0.497 e. The van der Waals surface area contributed by atoms with E-state index >= 15 is 0 Å². The Hall–Kier alpha value is -2.60. The van der Waals surface area contributed by atoms with Crippen LogP contribution in [0, 0.1) is 0 Å². The predicted octanol–water partition coefficient (Wildman–Crippen LogP) is 2.90. The smallest absolute Gasteiger partial charge is 0.333 e. The van der Waals surface area contributed by atoms with Crippen molar-refractivity contribution in [2.24, 2.45) is 0 Å². The Balaban J connectivity index is 2.06. The molecule has 0 aliphatic rings. The van der Waals surface area contributed by atoms with Gasteiger partial charge in [0.15, 0.2) is 11.2 Å². The molecule has 0 amide bonds. The van der Waals surface area contributed by atoms with Gasteiger partial charge in [0, 0.05) is 5.69 Å². The molecule has 2 aromatic rings. The number of anilines is 1. The molecule has 2 rings (SSSR count). The van der Waals surface area contributed by atoms with Crippen LogP contribution in [0.15, 0.2) is 54.6 Å². The van der Waals surface area contributed by atoms with Crippen molar-refractivity contribution in [1.29, 1.82) is 0 Å². The Morgan fingerprint density at radius 1 is 1.04 bits per heavy atom. The van der Waals surface area contributed by atoms with Crippen LogP contribution in [-0.4, -0.2) is 25.3 Å². The quantitative estimate of drug-likeness (QED) is 0.649. The summed E-state index contributed by atoms with van der Waals surface area (Å²) in [4.78, 5) is 12.0. The van der Waals surface area contributed by atoms with Gasteiger partial charge in [0.2, 0.25) is 0 Å². The molecule has 23 heavy (non-hydrogen) atoms. The van der Waals surface area contributed by atoms with Crippen LogP contribution in [0.3, 0.4) is 0 Å². The number of benzene rings is 2. The first-order valence-corrected chi connectivity index (χ1v) is 7.39. The monoisotopic (exact) mass is 330 g/mol. The minimum absolute atomic E-state index is 0.328. The van der Waals surface area contributed by atoms with E-state index in [1.54, 1.807) is 7.11 Å². The van der Waals surface area contributed by atoms with Gasteiger partial charge in [-0.05, 0) is 42.0 Å². The predicted molar refractivity (Wildman–Crippen MR) is 93.5 cm³/mol. The van der Waals surface area contributed by atoms with E-state index < -0.39 is 12.0 Å². The number of nitrogens with one attached hydrogen (secondary N) is 2. The summed E-state index contributed by atoms with van der Waals surface area (Å²) in [5.74, 6) is 0.348. The van der Waals surface area contributed by atoms with Crippen molar-refractivity contribution >= 4 is 29.0 Å². The van der Waals surface area contributed by atoms with Gasteiger partial charge in [-0.15, -0.1) is 0 Å². The van der Waals surface area contributed by atoms with Crippen LogP contribution in [0.2, 0.25) is 0 Å². The van der Waals surface area contributed by atoms with Crippen LogP contribution in [0.4, 0.5) is 5.69 Å². The molecule has 120 valence electrons. The second-order valence-corrected chi connectivity index (χ2v) is 5.10. The van der Waals surface area contributed by atoms with Gasteiger partial charge in [-0.25, -0.2) is 4.79 Å². The van der Waals surface area contributed by atoms with Crippen molar-refractivity contribution < 1.29 is 14.3 Å². The van der Waals surface area contributed by atoms with Crippen LogP contribution < -0.4 is 15.4 Å². The number of rotatable bonds is 5. The second kappa shape index (κ2) is 8.14. The SMILES string of the molecule is COC(=O)[C@@H](NC(=S)Nc1ccc(OC)cc1)c1ccccc1. The third-order valence-corrected chi connectivity index (χ3v) is 3.41. The van der Waals surface area contributed by atoms with Gasteiger partial charge in [-0.1, -0.05) is 30.3 Å². The van der Waals surface area contributed by atoms with E-state index in [2.05, 4.69) is 10.6 Å². The average molecular weight is 330 g/mol. The molecule has 0 unspecified atom stereocenters. The van der Waals surface area contributed by atoms with E-state index in [0.717, 1.165) is 17.0 Å². The van der Waals surface area contributed by atoms with Crippen molar-refractivity contribution in [3.63, 3.8) is 0 Å². The molecule has 0 radical (unpaired) electrons. The summed E-state index contributed by atoms with van der Waals surface area (Å²) in [6, 6.07) is 15.9. The summed E-state index contributed by atoms with van der Waals surface area (Å²) in [6.45, 7) is 0. The molecule has 2 aromatic carbocycles. The van der Waals surface area contributed by atoms with Crippen molar-refractivity contribution in [3.8, 4) is 5.75 Å². The van der Waals surface area contributed by atoms with Gasteiger partial charge in [0.1, 0.15) is 5.75 Å². The minimum atomic E-state index is -0.667. The highest BCUT2D eigenvalue weighted by atomic mass is 32.1. The third-order valence-electron chi connectivity index (χ3n) is 3.19. The molecule has 0 aromatic heterocycles. The van der Waals surface area contributed by atoms with E-state index in [-0.39, 0.29) is 0 Å². The van der Waals surface area contributed by atoms with E-state index in [1.165, 1.54) is 7.11 Å². The normalized spacial score (nSPS) is 11.2. The fourth-order valence-electron chi connectivity index (χ4n) is 2.01. The summed E-state index contributed by atoms with van der Waals surface area (Å²) in [5.41, 5.74) is 1.57. The zero-order valence-corrected chi connectivity index (χ0v) is 13.7. The third kappa shape index (κ3) is 4.69. The summed E-state index contributed by atoms with van der Waals surface area (Å²) in [6.07, 6.45) is 0. The number of carbonyl (C=O) groups is 1. The van der Waals surface area contributed by atoms with Crippen molar-refractivity contribution in [3.05, 3.63) is 60.2 Å². The maximum atomic E-state index is 12.0. The van der Waals surface area contributed by atoms with Gasteiger partial charge in [-0.3, -0.25) is 0 Å². The average Bonchev–Trinajstić information content (AvgIpc) is 2.60. The molecule has 0 saturated carbocycles. The number of hydrogen-bond acceptors (Lipinski definition) is 4. The molecule has 1 atom stereocenters. The summed E-state index contributed by atoms with van der Waals surface area (Å²) < 4.78 is 9.95. The molecule has 0 bridgehead atoms. The Bertz CT molecular complexity index is 659. The number of hydrogen-bond donors (Lipinski definition) is 2. The topological polar surface area (TPSA) is 59.6 Å². The van der Waals surface area contributed by atoms with Crippen LogP contribution in [0.5, 0.6) is 5.75 Å². The Morgan fingerprint density at radius 2 is 1.70 bits per heavy atom. The van der Waals surface area contributed by atoms with Gasteiger partial charge in [0.25, 0.3) is 0 Å². The Labute approximate surface area is 140 Å². The lowest BCUT2D eigenvalue weighted by atomic mass is 10.1. The van der Waals surface area contributed by atoms with E-state index in [9.17, 15) is 4.79 Å². The molecular weight excluding hydrogens is 312 g/mol. The second-order valence-electron chi connectivity index (χ2n) is 4.69. The highest BCUT2D eigenvalue weighted by Gasteiger charge is 2.21. The first kappa shape index (κ1) is 16.8. The maximum absolute atomic E-state index is 12.0. The lowest BCUT2D eigenvalue weighted by Crippen LogP contribution is -2.37. The molecule has 5 nitrogen and oxygen atoms in total. The number of ether oxygens (including phenoxy) is 2. The number of esters is 1. The maximum Gasteiger partial charge on any atom is 0.333 e. The number of methoxy groups -OCH3 is 2. The first-order chi connectivity index (χ1) is 11.1. The van der Waals surface area contributed by atoms with Crippen LogP contribution in [0.25, 0.3) is 0 Å². The summed E-state index contributed by atoms with van der Waals surface area (Å²) in [5, 5.41) is 6.33. The molecule has 2 N–H and O–H groups in total. The number of thiocarbonyl (C=S) groups is 1. The van der Waals surface area contributed by atoms with E-state index in [0.29, 0.717) is 5.11 Å². The lowest BCUT2D eigenvalue weighted by Gasteiger charge is -2.19. The van der Waals surface area contributed by atoms with Crippen molar-refractivity contribution in [2.75, 3.05) is 19.5 Å². The molecule has 0 fully saturated rings. The minimum Gasteiger partial charge on any atom is -0.497 e. The molecule has 0 heterocycles. The van der Waals surface area contributed by atoms with Crippen LogP contribution in [0.1, 0.15) is 11.6 Å². The van der Waals surface area contributed by atoms with Crippen molar-refractivity contribution in [2.45, 2.75) is 6.04 Å². The summed E-state index contributed by atoms with van der Waals surface area (Å²) in [7, 11) is 2.95. The zero-order chi connectivity index (χ0) is 16.7. The molecular formula is C17H18N2O3S. The van der Waals surface area contributed by atoms with Crippen molar-refractivity contribution in [1.82, 2.24) is 5.32 Å². The highest BCUT2D eigenvalue weighted by molar-refractivity contribution is 7.80. The van der Waals surface area contributed by atoms with Gasteiger partial charge in [-0.2, -0.15) is 0 Å². The zero-order valence-electron chi connectivity index (χ0n) is 12.9. The highest BCUT2D eigenvalue weighted by Crippen LogP contribution is 2.17. The van der Waals surface area contributed by atoms with E-state index in [1.807, 2.05) is 54.6 Å². The molecule has 0 saturated heterocycles. The lowest BCUT2D eigenvalue weighted by molar-refractivity contribution is -0.142. The van der Waals surface area contributed by atoms with Crippen LogP contribution >= 0.6 is 12.2 Å². The van der Waals surface area contributed by atoms with E-state index in [4.69, 9.17) is 21.7 Å².